The average Bonchev–Trinajstić information content (AvgIpc) is 2.92. The number of aromatic nitrogens is 1. The van der Waals surface area contributed by atoms with E-state index in [0.717, 1.165) is 10.7 Å². The Bertz CT molecular complexity index is 696. The number of thiazole rings is 1. The molecule has 0 fully saturated rings. The molecule has 0 aliphatic rings. The second-order valence-corrected chi connectivity index (χ2v) is 6.50. The molecule has 0 aliphatic heterocycles. The first-order valence-electron chi connectivity index (χ1n) is 7.81. The van der Waals surface area contributed by atoms with Gasteiger partial charge in [-0.25, -0.2) is 4.98 Å². The van der Waals surface area contributed by atoms with Crippen molar-refractivity contribution in [3.63, 3.8) is 0 Å². The third kappa shape index (κ3) is 5.34. The highest BCUT2D eigenvalue weighted by Crippen LogP contribution is 2.16. The first-order chi connectivity index (χ1) is 11.6. The molecule has 7 heteroatoms. The highest BCUT2D eigenvalue weighted by Gasteiger charge is 2.06. The van der Waals surface area contributed by atoms with Crippen molar-refractivity contribution in [2.24, 2.45) is 4.99 Å². The van der Waals surface area contributed by atoms with Crippen LogP contribution >= 0.6 is 11.3 Å². The Kier molecular flexibility index (Phi) is 6.74. The first-order valence-corrected chi connectivity index (χ1v) is 8.62. The summed E-state index contributed by atoms with van der Waals surface area (Å²) in [4.78, 5) is 21.7. The van der Waals surface area contributed by atoms with Crippen LogP contribution in [0.1, 0.15) is 25.9 Å². The fraction of sp³-hybridized carbons (Fsp3) is 0.353. The van der Waals surface area contributed by atoms with E-state index in [9.17, 15) is 4.79 Å². The lowest BCUT2D eigenvalue weighted by Gasteiger charge is -2.12. The van der Waals surface area contributed by atoms with Crippen LogP contribution in [-0.4, -0.2) is 37.0 Å². The van der Waals surface area contributed by atoms with Crippen molar-refractivity contribution in [1.29, 1.82) is 0 Å². The predicted molar refractivity (Wildman–Crippen MR) is 98.6 cm³/mol. The Morgan fingerprint density at radius 3 is 2.46 bits per heavy atom. The van der Waals surface area contributed by atoms with Gasteiger partial charge in [-0.1, -0.05) is 18.2 Å². The van der Waals surface area contributed by atoms with Gasteiger partial charge in [0.2, 0.25) is 0 Å². The summed E-state index contributed by atoms with van der Waals surface area (Å²) in [5.74, 6) is 0.630. The van der Waals surface area contributed by atoms with Crippen molar-refractivity contribution in [3.05, 3.63) is 51.5 Å². The number of benzene rings is 1. The predicted octanol–water partition coefficient (Wildman–Crippen LogP) is 1.85. The van der Waals surface area contributed by atoms with Crippen molar-refractivity contribution in [2.45, 2.75) is 20.4 Å². The SMILES string of the molecule is CN=C(NCCNC(=O)c1ccccc1)NCc1sc(C)nc1C. The molecule has 0 unspecified atom stereocenters. The Balaban J connectivity index is 1.70. The smallest absolute Gasteiger partial charge is 0.251 e. The van der Waals surface area contributed by atoms with Gasteiger partial charge in [0.1, 0.15) is 0 Å². The van der Waals surface area contributed by atoms with Crippen LogP contribution in [0.4, 0.5) is 0 Å². The van der Waals surface area contributed by atoms with Gasteiger partial charge in [0.15, 0.2) is 5.96 Å². The molecular weight excluding hydrogens is 322 g/mol. The Hall–Kier alpha value is -2.41. The third-order valence-corrected chi connectivity index (χ3v) is 4.45. The number of nitrogens with zero attached hydrogens (tertiary/aromatic N) is 2. The highest BCUT2D eigenvalue weighted by atomic mass is 32.1. The van der Waals surface area contributed by atoms with E-state index in [0.29, 0.717) is 31.2 Å². The van der Waals surface area contributed by atoms with Crippen LogP contribution in [0.5, 0.6) is 0 Å². The van der Waals surface area contributed by atoms with Crippen molar-refractivity contribution >= 4 is 23.2 Å². The molecule has 24 heavy (non-hydrogen) atoms. The van der Waals surface area contributed by atoms with E-state index in [1.165, 1.54) is 4.88 Å². The molecule has 0 bridgehead atoms. The number of rotatable bonds is 6. The zero-order chi connectivity index (χ0) is 17.4. The molecule has 2 aromatic rings. The summed E-state index contributed by atoms with van der Waals surface area (Å²) in [7, 11) is 1.72. The van der Waals surface area contributed by atoms with Gasteiger partial charge in [-0.2, -0.15) is 0 Å². The quantitative estimate of drug-likeness (QED) is 0.424. The molecule has 0 aliphatic carbocycles. The molecule has 1 aromatic carbocycles. The molecule has 0 atom stereocenters. The van der Waals surface area contributed by atoms with E-state index in [-0.39, 0.29) is 5.91 Å². The van der Waals surface area contributed by atoms with Crippen LogP contribution in [0.15, 0.2) is 35.3 Å². The number of hydrogen-bond acceptors (Lipinski definition) is 4. The summed E-state index contributed by atoms with van der Waals surface area (Å²) < 4.78 is 0. The number of hydrogen-bond donors (Lipinski definition) is 3. The second-order valence-electron chi connectivity index (χ2n) is 5.22. The number of guanidine groups is 1. The minimum absolute atomic E-state index is 0.0730. The molecule has 0 saturated carbocycles. The van der Waals surface area contributed by atoms with E-state index >= 15 is 0 Å². The summed E-state index contributed by atoms with van der Waals surface area (Å²) in [6.07, 6.45) is 0. The molecule has 2 rings (SSSR count). The van der Waals surface area contributed by atoms with Crippen LogP contribution in [-0.2, 0) is 6.54 Å². The molecule has 0 spiro atoms. The van der Waals surface area contributed by atoms with Crippen molar-refractivity contribution in [3.8, 4) is 0 Å². The Morgan fingerprint density at radius 1 is 1.12 bits per heavy atom. The van der Waals surface area contributed by atoms with Gasteiger partial charge in [0, 0.05) is 30.6 Å². The van der Waals surface area contributed by atoms with Crippen LogP contribution in [0.25, 0.3) is 0 Å². The minimum atomic E-state index is -0.0730. The number of amides is 1. The van der Waals surface area contributed by atoms with Crippen LogP contribution in [0.3, 0.4) is 0 Å². The van der Waals surface area contributed by atoms with E-state index in [4.69, 9.17) is 0 Å². The third-order valence-electron chi connectivity index (χ3n) is 3.38. The highest BCUT2D eigenvalue weighted by molar-refractivity contribution is 7.11. The monoisotopic (exact) mass is 345 g/mol. The van der Waals surface area contributed by atoms with Crippen LogP contribution < -0.4 is 16.0 Å². The summed E-state index contributed by atoms with van der Waals surface area (Å²) in [5, 5.41) is 10.4. The van der Waals surface area contributed by atoms with Gasteiger partial charge >= 0.3 is 0 Å². The number of carbonyl (C=O) groups excluding carboxylic acids is 1. The molecule has 1 heterocycles. The normalized spacial score (nSPS) is 11.2. The molecule has 3 N–H and O–H groups in total. The van der Waals surface area contributed by atoms with Crippen molar-refractivity contribution in [2.75, 3.05) is 20.1 Å². The first kappa shape index (κ1) is 17.9. The minimum Gasteiger partial charge on any atom is -0.355 e. The molecule has 1 aromatic heterocycles. The molecular formula is C17H23N5OS. The molecule has 6 nitrogen and oxygen atoms in total. The van der Waals surface area contributed by atoms with Gasteiger partial charge in [-0.05, 0) is 26.0 Å². The number of carbonyl (C=O) groups is 1. The lowest BCUT2D eigenvalue weighted by molar-refractivity contribution is 0.0954. The zero-order valence-electron chi connectivity index (χ0n) is 14.2. The average molecular weight is 345 g/mol. The standard InChI is InChI=1S/C17H23N5OS/c1-12-15(24-13(2)22-12)11-21-17(18-3)20-10-9-19-16(23)14-7-5-4-6-8-14/h4-8H,9-11H2,1-3H3,(H,19,23)(H2,18,20,21). The Morgan fingerprint density at radius 2 is 1.83 bits per heavy atom. The maximum absolute atomic E-state index is 11.9. The summed E-state index contributed by atoms with van der Waals surface area (Å²) in [6.45, 7) is 5.82. The zero-order valence-corrected chi connectivity index (χ0v) is 15.0. The maximum atomic E-state index is 11.9. The summed E-state index contributed by atoms with van der Waals surface area (Å²) >= 11 is 1.68. The van der Waals surface area contributed by atoms with Gasteiger partial charge in [-0.15, -0.1) is 11.3 Å². The van der Waals surface area contributed by atoms with Crippen molar-refractivity contribution in [1.82, 2.24) is 20.9 Å². The molecule has 0 saturated heterocycles. The summed E-state index contributed by atoms with van der Waals surface area (Å²) in [6, 6.07) is 9.18. The second kappa shape index (κ2) is 9.02. The van der Waals surface area contributed by atoms with Crippen molar-refractivity contribution < 1.29 is 4.79 Å². The lowest BCUT2D eigenvalue weighted by atomic mass is 10.2. The fourth-order valence-corrected chi connectivity index (χ4v) is 3.05. The van der Waals surface area contributed by atoms with E-state index < -0.39 is 0 Å². The van der Waals surface area contributed by atoms with Crippen LogP contribution in [0.2, 0.25) is 0 Å². The Labute approximate surface area is 146 Å². The number of nitrogens with one attached hydrogen (secondary N) is 3. The van der Waals surface area contributed by atoms with E-state index in [2.05, 4.69) is 25.9 Å². The maximum Gasteiger partial charge on any atom is 0.251 e. The lowest BCUT2D eigenvalue weighted by Crippen LogP contribution is -2.41. The molecule has 0 radical (unpaired) electrons. The van der Waals surface area contributed by atoms with Crippen LogP contribution in [0, 0.1) is 13.8 Å². The fourth-order valence-electron chi connectivity index (χ4n) is 2.17. The van der Waals surface area contributed by atoms with Gasteiger partial charge < -0.3 is 16.0 Å². The largest absolute Gasteiger partial charge is 0.355 e. The van der Waals surface area contributed by atoms with Gasteiger partial charge in [0.05, 0.1) is 17.2 Å². The number of aliphatic imine (C=N–C) groups is 1. The van der Waals surface area contributed by atoms with E-state index in [1.807, 2.05) is 32.0 Å². The van der Waals surface area contributed by atoms with Gasteiger partial charge in [0.25, 0.3) is 5.91 Å². The summed E-state index contributed by atoms with van der Waals surface area (Å²) in [5.41, 5.74) is 1.71. The molecule has 1 amide bonds. The van der Waals surface area contributed by atoms with E-state index in [1.54, 1.807) is 30.5 Å². The number of aryl methyl sites for hydroxylation is 2. The van der Waals surface area contributed by atoms with Gasteiger partial charge in [-0.3, -0.25) is 9.79 Å². The topological polar surface area (TPSA) is 78.4 Å². The molecule has 128 valence electrons.